The highest BCUT2D eigenvalue weighted by Crippen LogP contribution is 2.32. The quantitative estimate of drug-likeness (QED) is 0.822. The molecule has 0 radical (unpaired) electrons. The van der Waals surface area contributed by atoms with Crippen molar-refractivity contribution in [2.45, 2.75) is 44.7 Å². The molecule has 0 amide bonds. The van der Waals surface area contributed by atoms with Crippen molar-refractivity contribution >= 4 is 22.4 Å². The van der Waals surface area contributed by atoms with Crippen molar-refractivity contribution in [1.29, 1.82) is 0 Å². The Morgan fingerprint density at radius 3 is 2.42 bits per heavy atom. The third kappa shape index (κ3) is 4.53. The number of rotatable bonds is 6. The van der Waals surface area contributed by atoms with Gasteiger partial charge in [-0.3, -0.25) is 0 Å². The second kappa shape index (κ2) is 8.89. The van der Waals surface area contributed by atoms with Crippen LogP contribution in [0.25, 0.3) is 0 Å². The maximum Gasteiger partial charge on any atom is 0.243 e. The zero-order valence-electron chi connectivity index (χ0n) is 14.6. The van der Waals surface area contributed by atoms with Crippen molar-refractivity contribution in [2.75, 3.05) is 26.3 Å². The molecule has 1 fully saturated rings. The van der Waals surface area contributed by atoms with Gasteiger partial charge in [0.1, 0.15) is 0 Å². The lowest BCUT2D eigenvalue weighted by molar-refractivity contribution is 0.244. The molecule has 2 unspecified atom stereocenters. The molecule has 0 bridgehead atoms. The highest BCUT2D eigenvalue weighted by atomic mass is 35.5. The van der Waals surface area contributed by atoms with Crippen LogP contribution in [0.1, 0.15) is 27.7 Å². The maximum absolute atomic E-state index is 13.0. The second-order valence-electron chi connectivity index (χ2n) is 5.71. The van der Waals surface area contributed by atoms with E-state index in [1.807, 2.05) is 27.7 Å². The van der Waals surface area contributed by atoms with E-state index in [4.69, 9.17) is 9.47 Å². The number of benzene rings is 1. The Labute approximate surface area is 151 Å². The van der Waals surface area contributed by atoms with Crippen molar-refractivity contribution < 1.29 is 17.9 Å². The first-order chi connectivity index (χ1) is 10.9. The van der Waals surface area contributed by atoms with Gasteiger partial charge in [0.2, 0.25) is 10.0 Å². The van der Waals surface area contributed by atoms with Gasteiger partial charge in [0.15, 0.2) is 11.5 Å². The summed E-state index contributed by atoms with van der Waals surface area (Å²) in [6.45, 7) is 9.69. The molecule has 6 nitrogen and oxygen atoms in total. The van der Waals surface area contributed by atoms with Crippen LogP contribution >= 0.6 is 12.4 Å². The molecule has 1 heterocycles. The molecule has 1 aromatic carbocycles. The van der Waals surface area contributed by atoms with Crippen molar-refractivity contribution in [3.8, 4) is 11.5 Å². The molecule has 1 aliphatic heterocycles. The third-order valence-electron chi connectivity index (χ3n) is 3.83. The standard InChI is InChI=1S/C16H26N2O4S.ClH/c1-5-21-15-8-7-14(9-16(15)22-6-2)23(19,20)18-11-12(3)17-10-13(18)4;/h7-9,12-13,17H,5-6,10-11H2,1-4H3;1H. The summed E-state index contributed by atoms with van der Waals surface area (Å²) in [5.74, 6) is 1.03. The van der Waals surface area contributed by atoms with Gasteiger partial charge in [-0.2, -0.15) is 4.31 Å². The summed E-state index contributed by atoms with van der Waals surface area (Å²) in [5.41, 5.74) is 0. The average Bonchev–Trinajstić information content (AvgIpc) is 2.51. The molecule has 2 rings (SSSR count). The van der Waals surface area contributed by atoms with E-state index in [1.165, 1.54) is 0 Å². The molecule has 1 aliphatic rings. The summed E-state index contributed by atoms with van der Waals surface area (Å²) in [6, 6.07) is 4.86. The fourth-order valence-electron chi connectivity index (χ4n) is 2.65. The van der Waals surface area contributed by atoms with Crippen LogP contribution in [0.3, 0.4) is 0 Å². The minimum absolute atomic E-state index is 0. The van der Waals surface area contributed by atoms with Crippen LogP contribution in [0.15, 0.2) is 23.1 Å². The first-order valence-electron chi connectivity index (χ1n) is 8.05. The van der Waals surface area contributed by atoms with Gasteiger partial charge in [-0.05, 0) is 39.8 Å². The number of piperazine rings is 1. The number of nitrogens with one attached hydrogen (secondary N) is 1. The number of halogens is 1. The molecular weight excluding hydrogens is 352 g/mol. The normalized spacial score (nSPS) is 21.8. The monoisotopic (exact) mass is 378 g/mol. The van der Waals surface area contributed by atoms with Crippen LogP contribution < -0.4 is 14.8 Å². The van der Waals surface area contributed by atoms with Gasteiger partial charge in [0.25, 0.3) is 0 Å². The zero-order chi connectivity index (χ0) is 17.0. The molecule has 0 aliphatic carbocycles. The van der Waals surface area contributed by atoms with Gasteiger partial charge in [-0.25, -0.2) is 8.42 Å². The van der Waals surface area contributed by atoms with Gasteiger partial charge >= 0.3 is 0 Å². The summed E-state index contributed by atoms with van der Waals surface area (Å²) in [4.78, 5) is 0.241. The van der Waals surface area contributed by atoms with E-state index < -0.39 is 10.0 Å². The SMILES string of the molecule is CCOc1ccc(S(=O)(=O)N2CC(C)NCC2C)cc1OCC.Cl. The first-order valence-corrected chi connectivity index (χ1v) is 9.49. The smallest absolute Gasteiger partial charge is 0.243 e. The minimum atomic E-state index is -3.56. The lowest BCUT2D eigenvalue weighted by Crippen LogP contribution is -2.56. The molecule has 24 heavy (non-hydrogen) atoms. The van der Waals surface area contributed by atoms with Crippen LogP contribution in [0.5, 0.6) is 11.5 Å². The highest BCUT2D eigenvalue weighted by molar-refractivity contribution is 7.89. The van der Waals surface area contributed by atoms with Crippen molar-refractivity contribution in [2.24, 2.45) is 0 Å². The molecule has 0 aromatic heterocycles. The predicted molar refractivity (Wildman–Crippen MR) is 96.8 cm³/mol. The Bertz CT molecular complexity index is 639. The number of sulfonamides is 1. The van der Waals surface area contributed by atoms with Crippen LogP contribution in [-0.2, 0) is 10.0 Å². The third-order valence-corrected chi connectivity index (χ3v) is 5.80. The van der Waals surface area contributed by atoms with Gasteiger partial charge in [-0.1, -0.05) is 0 Å². The lowest BCUT2D eigenvalue weighted by Gasteiger charge is -2.36. The zero-order valence-corrected chi connectivity index (χ0v) is 16.2. The minimum Gasteiger partial charge on any atom is -0.490 e. The number of hydrogen-bond donors (Lipinski definition) is 1. The Morgan fingerprint density at radius 2 is 1.79 bits per heavy atom. The topological polar surface area (TPSA) is 67.9 Å². The molecule has 1 aromatic rings. The second-order valence-corrected chi connectivity index (χ2v) is 7.60. The largest absolute Gasteiger partial charge is 0.490 e. The van der Waals surface area contributed by atoms with E-state index in [2.05, 4.69) is 5.32 Å². The van der Waals surface area contributed by atoms with Crippen molar-refractivity contribution in [3.63, 3.8) is 0 Å². The molecule has 1 saturated heterocycles. The Morgan fingerprint density at radius 1 is 1.17 bits per heavy atom. The van der Waals surface area contributed by atoms with Gasteiger partial charge in [0, 0.05) is 31.2 Å². The molecule has 0 saturated carbocycles. The van der Waals surface area contributed by atoms with Gasteiger partial charge in [-0.15, -0.1) is 12.4 Å². The summed E-state index contributed by atoms with van der Waals surface area (Å²) in [7, 11) is -3.56. The van der Waals surface area contributed by atoms with Crippen LogP contribution in [0.4, 0.5) is 0 Å². The van der Waals surface area contributed by atoms with Gasteiger partial charge < -0.3 is 14.8 Å². The molecule has 138 valence electrons. The average molecular weight is 379 g/mol. The predicted octanol–water partition coefficient (Wildman–Crippen LogP) is 2.28. The maximum atomic E-state index is 13.0. The lowest BCUT2D eigenvalue weighted by atomic mass is 10.2. The van der Waals surface area contributed by atoms with Crippen molar-refractivity contribution in [3.05, 3.63) is 18.2 Å². The van der Waals surface area contributed by atoms with E-state index in [0.29, 0.717) is 37.8 Å². The molecule has 1 N–H and O–H groups in total. The Balaban J connectivity index is 0.00000288. The summed E-state index contributed by atoms with van der Waals surface area (Å²) >= 11 is 0. The summed E-state index contributed by atoms with van der Waals surface area (Å²) in [5, 5.41) is 3.29. The fraction of sp³-hybridized carbons (Fsp3) is 0.625. The fourth-order valence-corrected chi connectivity index (χ4v) is 4.39. The van der Waals surface area contributed by atoms with Crippen molar-refractivity contribution in [1.82, 2.24) is 9.62 Å². The highest BCUT2D eigenvalue weighted by Gasteiger charge is 2.33. The van der Waals surface area contributed by atoms with Crippen LogP contribution in [-0.4, -0.2) is 51.1 Å². The van der Waals surface area contributed by atoms with Crippen LogP contribution in [0.2, 0.25) is 0 Å². The van der Waals surface area contributed by atoms with E-state index in [-0.39, 0.29) is 29.4 Å². The number of ether oxygens (including phenoxy) is 2. The molecule has 0 spiro atoms. The molecular formula is C16H27ClN2O4S. The summed E-state index contributed by atoms with van der Waals surface area (Å²) in [6.07, 6.45) is 0. The number of nitrogens with zero attached hydrogens (tertiary/aromatic N) is 1. The molecule has 8 heteroatoms. The Hall–Kier alpha value is -1.02. The summed E-state index contributed by atoms with van der Waals surface area (Å²) < 4.78 is 38.5. The number of hydrogen-bond acceptors (Lipinski definition) is 5. The first kappa shape index (κ1) is 21.0. The van der Waals surface area contributed by atoms with E-state index in [1.54, 1.807) is 22.5 Å². The van der Waals surface area contributed by atoms with E-state index in [0.717, 1.165) is 0 Å². The van der Waals surface area contributed by atoms with Crippen LogP contribution in [0, 0.1) is 0 Å². The van der Waals surface area contributed by atoms with E-state index >= 15 is 0 Å². The van der Waals surface area contributed by atoms with Gasteiger partial charge in [0.05, 0.1) is 18.1 Å². The Kier molecular flexibility index (Phi) is 7.79. The van der Waals surface area contributed by atoms with E-state index in [9.17, 15) is 8.42 Å². The molecule has 2 atom stereocenters.